The summed E-state index contributed by atoms with van der Waals surface area (Å²) in [5.74, 6) is -3.11. The first-order chi connectivity index (χ1) is 4.63. The zero-order chi connectivity index (χ0) is 8.15. The third kappa shape index (κ3) is 1.89. The summed E-state index contributed by atoms with van der Waals surface area (Å²) in [5.41, 5.74) is 0. The van der Waals surface area contributed by atoms with Gasteiger partial charge in [-0.2, -0.15) is 0 Å². The molecule has 0 aromatic rings. The van der Waals surface area contributed by atoms with Crippen molar-refractivity contribution in [1.29, 1.82) is 0 Å². The van der Waals surface area contributed by atoms with Crippen LogP contribution >= 0.6 is 0 Å². The Kier molecular flexibility index (Phi) is 3.17. The van der Waals surface area contributed by atoms with Gasteiger partial charge < -0.3 is 4.79 Å². The van der Waals surface area contributed by atoms with E-state index in [1.165, 1.54) is 6.92 Å². The number of carbonyl (C=O) groups excluding carboxylic acids is 4. The van der Waals surface area contributed by atoms with Gasteiger partial charge in [-0.15, -0.1) is 0 Å². The van der Waals surface area contributed by atoms with E-state index in [4.69, 9.17) is 0 Å². The molecule has 0 saturated carbocycles. The molecule has 54 valence electrons. The third-order valence-electron chi connectivity index (χ3n) is 0.968. The number of hydrogen-bond donors (Lipinski definition) is 0. The van der Waals surface area contributed by atoms with E-state index in [9.17, 15) is 19.2 Å². The molecule has 1 atom stereocenters. The highest BCUT2D eigenvalue weighted by molar-refractivity contribution is 6.59. The van der Waals surface area contributed by atoms with Gasteiger partial charge in [0.05, 0.1) is 5.92 Å². The molecule has 0 aromatic carbocycles. The maximum absolute atomic E-state index is 10.5. The van der Waals surface area contributed by atoms with E-state index in [1.54, 1.807) is 0 Å². The van der Waals surface area contributed by atoms with Crippen LogP contribution in [-0.4, -0.2) is 24.1 Å². The number of carbonyl (C=O) groups is 4. The predicted octanol–water partition coefficient (Wildman–Crippen LogP) is -0.842. The minimum absolute atomic E-state index is 0.0949. The summed E-state index contributed by atoms with van der Waals surface area (Å²) < 4.78 is 0. The van der Waals surface area contributed by atoms with E-state index in [-0.39, 0.29) is 6.29 Å². The molecule has 0 fully saturated rings. The van der Waals surface area contributed by atoms with Gasteiger partial charge in [-0.25, -0.2) is 0 Å². The Labute approximate surface area is 57.2 Å². The van der Waals surface area contributed by atoms with Crippen LogP contribution in [0.3, 0.4) is 0 Å². The number of ketones is 2. The van der Waals surface area contributed by atoms with Crippen LogP contribution < -0.4 is 0 Å². The molecule has 4 nitrogen and oxygen atoms in total. The lowest BCUT2D eigenvalue weighted by molar-refractivity contribution is -0.142. The minimum Gasteiger partial charge on any atom is -0.303 e. The van der Waals surface area contributed by atoms with Gasteiger partial charge in [-0.3, -0.25) is 14.4 Å². The quantitative estimate of drug-likeness (QED) is 0.291. The van der Waals surface area contributed by atoms with E-state index in [1.807, 2.05) is 0 Å². The predicted molar refractivity (Wildman–Crippen MR) is 31.3 cm³/mol. The molecule has 0 saturated heterocycles. The largest absolute Gasteiger partial charge is 0.303 e. The lowest BCUT2D eigenvalue weighted by Gasteiger charge is -1.93. The van der Waals surface area contributed by atoms with Crippen LogP contribution in [0.25, 0.3) is 0 Å². The van der Waals surface area contributed by atoms with Crippen molar-refractivity contribution in [2.45, 2.75) is 6.92 Å². The normalized spacial score (nSPS) is 11.7. The number of rotatable bonds is 4. The van der Waals surface area contributed by atoms with Crippen LogP contribution in [0.2, 0.25) is 0 Å². The number of Topliss-reactive ketones (excluding diaryl/α,β-unsaturated/α-hetero) is 2. The van der Waals surface area contributed by atoms with Gasteiger partial charge in [0, 0.05) is 0 Å². The van der Waals surface area contributed by atoms with Gasteiger partial charge in [0.15, 0.2) is 6.29 Å². The molecule has 0 radical (unpaired) electrons. The smallest absolute Gasteiger partial charge is 0.261 e. The average molecular weight is 142 g/mol. The summed E-state index contributed by atoms with van der Waals surface area (Å²) in [6.07, 6.45) is 0.228. The van der Waals surface area contributed by atoms with Crippen molar-refractivity contribution in [3.05, 3.63) is 0 Å². The van der Waals surface area contributed by atoms with Gasteiger partial charge in [0.1, 0.15) is 6.29 Å². The molecule has 0 rings (SSSR count). The molecule has 0 aromatic heterocycles. The Morgan fingerprint density at radius 2 is 1.80 bits per heavy atom. The standard InChI is InChI=1S/C6H6O4/c1-4(2-7)6(10)5(9)3-8/h2-4H,1H3/t4-/m1/s1. The molecule has 0 N–H and O–H groups in total. The fourth-order valence-electron chi connectivity index (χ4n) is 0.344. The summed E-state index contributed by atoms with van der Waals surface area (Å²) in [6, 6.07) is 0. The Balaban J connectivity index is 4.21. The zero-order valence-electron chi connectivity index (χ0n) is 5.37. The Bertz CT molecular complexity index is 182. The molecule has 0 unspecified atom stereocenters. The van der Waals surface area contributed by atoms with Crippen LogP contribution in [0.4, 0.5) is 0 Å². The van der Waals surface area contributed by atoms with E-state index in [2.05, 4.69) is 0 Å². The summed E-state index contributed by atoms with van der Waals surface area (Å²) in [4.78, 5) is 40.3. The first kappa shape index (κ1) is 8.68. The molecule has 0 aliphatic rings. The molecule has 0 aliphatic heterocycles. The van der Waals surface area contributed by atoms with Gasteiger partial charge in [-0.05, 0) is 6.92 Å². The van der Waals surface area contributed by atoms with Crippen LogP contribution in [0, 0.1) is 5.92 Å². The van der Waals surface area contributed by atoms with Crippen molar-refractivity contribution in [2.24, 2.45) is 5.92 Å². The van der Waals surface area contributed by atoms with Crippen molar-refractivity contribution >= 4 is 24.1 Å². The Morgan fingerprint density at radius 3 is 2.10 bits per heavy atom. The molecule has 0 spiro atoms. The first-order valence-corrected chi connectivity index (χ1v) is 2.62. The van der Waals surface area contributed by atoms with E-state index >= 15 is 0 Å². The monoisotopic (exact) mass is 142 g/mol. The van der Waals surface area contributed by atoms with Gasteiger partial charge in [0.25, 0.3) is 5.78 Å². The van der Waals surface area contributed by atoms with Crippen molar-refractivity contribution in [3.63, 3.8) is 0 Å². The van der Waals surface area contributed by atoms with Crippen molar-refractivity contribution < 1.29 is 19.2 Å². The molecule has 0 amide bonds. The third-order valence-corrected chi connectivity index (χ3v) is 0.968. The second-order valence-corrected chi connectivity index (χ2v) is 1.77. The van der Waals surface area contributed by atoms with Crippen LogP contribution in [0.5, 0.6) is 0 Å². The topological polar surface area (TPSA) is 68.3 Å². The average Bonchev–Trinajstić information content (AvgIpc) is 2.00. The molecule has 0 heterocycles. The molecular formula is C6H6O4. The summed E-state index contributed by atoms with van der Waals surface area (Å²) >= 11 is 0. The fourth-order valence-corrected chi connectivity index (χ4v) is 0.344. The molecule has 0 aliphatic carbocycles. The number of aldehydes is 2. The first-order valence-electron chi connectivity index (χ1n) is 2.62. The second-order valence-electron chi connectivity index (χ2n) is 1.77. The van der Waals surface area contributed by atoms with Gasteiger partial charge in [0.2, 0.25) is 5.78 Å². The van der Waals surface area contributed by atoms with Crippen molar-refractivity contribution in [3.8, 4) is 0 Å². The maximum Gasteiger partial charge on any atom is 0.261 e. The molecular weight excluding hydrogens is 136 g/mol. The Morgan fingerprint density at radius 1 is 1.30 bits per heavy atom. The highest BCUT2D eigenvalue weighted by Crippen LogP contribution is 1.90. The fraction of sp³-hybridized carbons (Fsp3) is 0.333. The molecule has 0 bridgehead atoms. The van der Waals surface area contributed by atoms with E-state index < -0.39 is 17.5 Å². The molecule has 4 heteroatoms. The van der Waals surface area contributed by atoms with E-state index in [0.717, 1.165) is 0 Å². The number of hydrogen-bond acceptors (Lipinski definition) is 4. The minimum atomic E-state index is -1.15. The maximum atomic E-state index is 10.5. The molecule has 10 heavy (non-hydrogen) atoms. The summed E-state index contributed by atoms with van der Waals surface area (Å²) in [6.45, 7) is 1.26. The second kappa shape index (κ2) is 3.66. The SMILES string of the molecule is C[C@H](C=O)C(=O)C(=O)C=O. The van der Waals surface area contributed by atoms with Crippen LogP contribution in [0.15, 0.2) is 0 Å². The van der Waals surface area contributed by atoms with Crippen molar-refractivity contribution in [2.75, 3.05) is 0 Å². The van der Waals surface area contributed by atoms with Crippen molar-refractivity contribution in [1.82, 2.24) is 0 Å². The zero-order valence-corrected chi connectivity index (χ0v) is 5.37. The van der Waals surface area contributed by atoms with Crippen LogP contribution in [0.1, 0.15) is 6.92 Å². The van der Waals surface area contributed by atoms with E-state index in [0.29, 0.717) is 6.29 Å². The Hall–Kier alpha value is -1.32. The van der Waals surface area contributed by atoms with Crippen LogP contribution in [-0.2, 0) is 19.2 Å². The van der Waals surface area contributed by atoms with Gasteiger partial charge in [-0.1, -0.05) is 0 Å². The lowest BCUT2D eigenvalue weighted by atomic mass is 10.1. The summed E-state index contributed by atoms with van der Waals surface area (Å²) in [7, 11) is 0. The lowest BCUT2D eigenvalue weighted by Crippen LogP contribution is -2.23. The van der Waals surface area contributed by atoms with Gasteiger partial charge >= 0.3 is 0 Å². The highest BCUT2D eigenvalue weighted by atomic mass is 16.2. The highest BCUT2D eigenvalue weighted by Gasteiger charge is 2.19. The summed E-state index contributed by atoms with van der Waals surface area (Å²) in [5, 5.41) is 0.